The number of rotatable bonds is 7. The molecule has 114 valence electrons. The largest absolute Gasteiger partial charge is 0.497 e. The van der Waals surface area contributed by atoms with Gasteiger partial charge in [0, 0.05) is 12.1 Å². The number of hydrogen-bond acceptors (Lipinski definition) is 4. The Bertz CT molecular complexity index is 539. The molecule has 2 rings (SSSR count). The molecule has 1 saturated carbocycles. The molecule has 6 heteroatoms. The zero-order chi connectivity index (χ0) is 15.4. The number of aromatic carboxylic acids is 1. The predicted molar refractivity (Wildman–Crippen MR) is 75.8 cm³/mol. The molecular formula is C15H19NO5. The second-order valence-corrected chi connectivity index (χ2v) is 5.15. The van der Waals surface area contributed by atoms with Crippen molar-refractivity contribution in [3.8, 4) is 11.5 Å². The highest BCUT2D eigenvalue weighted by Gasteiger charge is 2.28. The van der Waals surface area contributed by atoms with E-state index in [2.05, 4.69) is 5.32 Å². The molecule has 0 aliphatic heterocycles. The topological polar surface area (TPSA) is 84.9 Å². The Morgan fingerprint density at radius 2 is 2.14 bits per heavy atom. The first kappa shape index (κ1) is 15.2. The SMILES string of the molecule is COc1ccc(C(=O)O)c(OCC(=O)N[C@H](C)C2CC2)c1. The lowest BCUT2D eigenvalue weighted by atomic mass is 10.2. The summed E-state index contributed by atoms with van der Waals surface area (Å²) in [6, 6.07) is 4.51. The summed E-state index contributed by atoms with van der Waals surface area (Å²) in [6.45, 7) is 1.74. The molecular weight excluding hydrogens is 274 g/mol. The van der Waals surface area contributed by atoms with E-state index in [1.54, 1.807) is 0 Å². The number of nitrogens with one attached hydrogen (secondary N) is 1. The van der Waals surface area contributed by atoms with Gasteiger partial charge in [-0.1, -0.05) is 0 Å². The zero-order valence-electron chi connectivity index (χ0n) is 12.1. The Morgan fingerprint density at radius 1 is 1.43 bits per heavy atom. The van der Waals surface area contributed by atoms with Gasteiger partial charge in [-0.15, -0.1) is 0 Å². The van der Waals surface area contributed by atoms with E-state index in [1.165, 1.54) is 25.3 Å². The predicted octanol–water partition coefficient (Wildman–Crippen LogP) is 1.69. The summed E-state index contributed by atoms with van der Waals surface area (Å²) in [5, 5.41) is 11.9. The second-order valence-electron chi connectivity index (χ2n) is 5.15. The van der Waals surface area contributed by atoms with Crippen molar-refractivity contribution >= 4 is 11.9 Å². The Balaban J connectivity index is 1.97. The Labute approximate surface area is 123 Å². The van der Waals surface area contributed by atoms with Gasteiger partial charge in [-0.2, -0.15) is 0 Å². The summed E-state index contributed by atoms with van der Waals surface area (Å²) in [6.07, 6.45) is 2.28. The van der Waals surface area contributed by atoms with Gasteiger partial charge in [-0.3, -0.25) is 4.79 Å². The molecule has 0 heterocycles. The van der Waals surface area contributed by atoms with E-state index in [0.717, 1.165) is 12.8 Å². The van der Waals surface area contributed by atoms with Crippen LogP contribution in [0.15, 0.2) is 18.2 Å². The summed E-state index contributed by atoms with van der Waals surface area (Å²) in [5.41, 5.74) is -0.00107. The van der Waals surface area contributed by atoms with Crippen molar-refractivity contribution in [1.82, 2.24) is 5.32 Å². The minimum absolute atomic E-state index is 0.00107. The van der Waals surface area contributed by atoms with E-state index in [0.29, 0.717) is 11.7 Å². The Hall–Kier alpha value is -2.24. The van der Waals surface area contributed by atoms with Gasteiger partial charge in [0.15, 0.2) is 6.61 Å². The monoisotopic (exact) mass is 293 g/mol. The van der Waals surface area contributed by atoms with Crippen molar-refractivity contribution in [3.63, 3.8) is 0 Å². The van der Waals surface area contributed by atoms with Crippen LogP contribution in [0.25, 0.3) is 0 Å². The maximum Gasteiger partial charge on any atom is 0.339 e. The minimum atomic E-state index is -1.11. The van der Waals surface area contributed by atoms with Gasteiger partial charge in [0.25, 0.3) is 5.91 Å². The van der Waals surface area contributed by atoms with Crippen LogP contribution in [0.3, 0.4) is 0 Å². The molecule has 1 atom stereocenters. The number of carbonyl (C=O) groups is 2. The Morgan fingerprint density at radius 3 is 2.71 bits per heavy atom. The van der Waals surface area contributed by atoms with Gasteiger partial charge in [0.1, 0.15) is 17.1 Å². The summed E-state index contributed by atoms with van der Waals surface area (Å²) in [4.78, 5) is 22.9. The lowest BCUT2D eigenvalue weighted by Crippen LogP contribution is -2.37. The normalized spacial score (nSPS) is 15.1. The third-order valence-corrected chi connectivity index (χ3v) is 3.50. The highest BCUT2D eigenvalue weighted by molar-refractivity contribution is 5.91. The number of hydrogen-bond donors (Lipinski definition) is 2. The van der Waals surface area contributed by atoms with Crippen molar-refractivity contribution in [2.75, 3.05) is 13.7 Å². The first-order valence-corrected chi connectivity index (χ1v) is 6.84. The number of carbonyl (C=O) groups excluding carboxylic acids is 1. The molecule has 0 bridgehead atoms. The van der Waals surface area contributed by atoms with Crippen molar-refractivity contribution in [2.24, 2.45) is 5.92 Å². The van der Waals surface area contributed by atoms with Gasteiger partial charge in [-0.25, -0.2) is 4.79 Å². The third kappa shape index (κ3) is 4.11. The van der Waals surface area contributed by atoms with Crippen LogP contribution in [0.2, 0.25) is 0 Å². The van der Waals surface area contributed by atoms with Crippen LogP contribution < -0.4 is 14.8 Å². The molecule has 6 nitrogen and oxygen atoms in total. The van der Waals surface area contributed by atoms with E-state index in [-0.39, 0.29) is 29.9 Å². The molecule has 1 aliphatic carbocycles. The van der Waals surface area contributed by atoms with Crippen LogP contribution in [0, 0.1) is 5.92 Å². The molecule has 1 aliphatic rings. The molecule has 1 amide bonds. The lowest BCUT2D eigenvalue weighted by Gasteiger charge is -2.14. The van der Waals surface area contributed by atoms with Crippen molar-refractivity contribution < 1.29 is 24.2 Å². The molecule has 1 aromatic carbocycles. The lowest BCUT2D eigenvalue weighted by molar-refractivity contribution is -0.123. The minimum Gasteiger partial charge on any atom is -0.497 e. The molecule has 0 spiro atoms. The van der Waals surface area contributed by atoms with Crippen LogP contribution in [0.1, 0.15) is 30.1 Å². The van der Waals surface area contributed by atoms with E-state index in [9.17, 15) is 9.59 Å². The number of carboxylic acid groups (broad SMARTS) is 1. The maximum absolute atomic E-state index is 11.8. The van der Waals surface area contributed by atoms with Crippen LogP contribution >= 0.6 is 0 Å². The number of carboxylic acids is 1. The van der Waals surface area contributed by atoms with Crippen LogP contribution in [-0.4, -0.2) is 36.7 Å². The quantitative estimate of drug-likeness (QED) is 0.799. The average molecular weight is 293 g/mol. The van der Waals surface area contributed by atoms with Crippen molar-refractivity contribution in [3.05, 3.63) is 23.8 Å². The van der Waals surface area contributed by atoms with Crippen molar-refractivity contribution in [2.45, 2.75) is 25.8 Å². The van der Waals surface area contributed by atoms with E-state index >= 15 is 0 Å². The van der Waals surface area contributed by atoms with Crippen LogP contribution in [0.4, 0.5) is 0 Å². The maximum atomic E-state index is 11.8. The highest BCUT2D eigenvalue weighted by atomic mass is 16.5. The molecule has 0 radical (unpaired) electrons. The number of amides is 1. The number of methoxy groups -OCH3 is 1. The Kier molecular flexibility index (Phi) is 4.67. The van der Waals surface area contributed by atoms with Gasteiger partial charge in [-0.05, 0) is 37.8 Å². The van der Waals surface area contributed by atoms with Gasteiger partial charge in [0.05, 0.1) is 7.11 Å². The summed E-state index contributed by atoms with van der Waals surface area (Å²) < 4.78 is 10.4. The van der Waals surface area contributed by atoms with E-state index < -0.39 is 5.97 Å². The molecule has 1 fully saturated rings. The molecule has 21 heavy (non-hydrogen) atoms. The van der Waals surface area contributed by atoms with E-state index in [1.807, 2.05) is 6.92 Å². The van der Waals surface area contributed by atoms with Gasteiger partial charge >= 0.3 is 5.97 Å². The summed E-state index contributed by atoms with van der Waals surface area (Å²) in [7, 11) is 1.48. The summed E-state index contributed by atoms with van der Waals surface area (Å²) >= 11 is 0. The fourth-order valence-corrected chi connectivity index (χ4v) is 2.08. The first-order valence-electron chi connectivity index (χ1n) is 6.84. The molecule has 1 aromatic rings. The smallest absolute Gasteiger partial charge is 0.339 e. The van der Waals surface area contributed by atoms with E-state index in [4.69, 9.17) is 14.6 Å². The average Bonchev–Trinajstić information content (AvgIpc) is 3.29. The molecule has 0 saturated heterocycles. The number of ether oxygens (including phenoxy) is 2. The fourth-order valence-electron chi connectivity index (χ4n) is 2.08. The standard InChI is InChI=1S/C15H19NO5/c1-9(10-3-4-10)16-14(17)8-21-13-7-11(20-2)5-6-12(13)15(18)19/h5-7,9-10H,3-4,8H2,1-2H3,(H,16,17)(H,18,19)/t9-/m1/s1. The first-order chi connectivity index (χ1) is 10.0. The van der Waals surface area contributed by atoms with Crippen LogP contribution in [0.5, 0.6) is 11.5 Å². The second kappa shape index (κ2) is 6.47. The van der Waals surface area contributed by atoms with Gasteiger partial charge in [0.2, 0.25) is 0 Å². The number of benzene rings is 1. The highest BCUT2D eigenvalue weighted by Crippen LogP contribution is 2.32. The van der Waals surface area contributed by atoms with Crippen molar-refractivity contribution in [1.29, 1.82) is 0 Å². The fraction of sp³-hybridized carbons (Fsp3) is 0.467. The third-order valence-electron chi connectivity index (χ3n) is 3.50. The molecule has 2 N–H and O–H groups in total. The summed E-state index contributed by atoms with van der Waals surface area (Å²) in [5.74, 6) is -0.217. The zero-order valence-corrected chi connectivity index (χ0v) is 12.1. The molecule has 0 unspecified atom stereocenters. The molecule has 0 aromatic heterocycles. The van der Waals surface area contributed by atoms with Crippen LogP contribution in [-0.2, 0) is 4.79 Å². The van der Waals surface area contributed by atoms with Gasteiger partial charge < -0.3 is 19.9 Å².